The van der Waals surface area contributed by atoms with E-state index >= 15 is 0 Å². The van der Waals surface area contributed by atoms with Crippen molar-refractivity contribution in [3.63, 3.8) is 0 Å². The zero-order chi connectivity index (χ0) is 13.9. The van der Waals surface area contributed by atoms with Crippen molar-refractivity contribution < 1.29 is 0 Å². The highest BCUT2D eigenvalue weighted by Gasteiger charge is 2.22. The molecule has 1 aromatic heterocycles. The Morgan fingerprint density at radius 3 is 3.05 bits per heavy atom. The quantitative estimate of drug-likeness (QED) is 0.879. The molecule has 1 N–H and O–H groups in total. The molecule has 1 saturated heterocycles. The van der Waals surface area contributed by atoms with Crippen LogP contribution < -0.4 is 10.2 Å². The molecule has 0 aromatic carbocycles. The average molecular weight is 275 g/mol. The SMILES string of the molecule is CN(C)C[C@H]1CN(c2ncc3c(n2)CCCC3)CCN1. The van der Waals surface area contributed by atoms with Gasteiger partial charge in [-0.15, -0.1) is 0 Å². The number of hydrogen-bond donors (Lipinski definition) is 1. The van der Waals surface area contributed by atoms with Crippen molar-refractivity contribution in [1.29, 1.82) is 0 Å². The van der Waals surface area contributed by atoms with Gasteiger partial charge < -0.3 is 15.1 Å². The van der Waals surface area contributed by atoms with E-state index in [1.165, 1.54) is 24.1 Å². The van der Waals surface area contributed by atoms with Crippen LogP contribution in [0.2, 0.25) is 0 Å². The van der Waals surface area contributed by atoms with Gasteiger partial charge in [0.25, 0.3) is 0 Å². The number of anilines is 1. The third-order valence-electron chi connectivity index (χ3n) is 4.18. The fraction of sp³-hybridized carbons (Fsp3) is 0.733. The molecule has 0 amide bonds. The first-order valence-corrected chi connectivity index (χ1v) is 7.70. The van der Waals surface area contributed by atoms with E-state index in [2.05, 4.69) is 40.4 Å². The second-order valence-corrected chi connectivity index (χ2v) is 6.21. The Bertz CT molecular complexity index is 460. The topological polar surface area (TPSA) is 44.3 Å². The summed E-state index contributed by atoms with van der Waals surface area (Å²) in [5.41, 5.74) is 2.64. The number of piperazine rings is 1. The molecule has 1 atom stereocenters. The number of nitrogens with one attached hydrogen (secondary N) is 1. The number of rotatable bonds is 3. The second-order valence-electron chi connectivity index (χ2n) is 6.21. The van der Waals surface area contributed by atoms with Crippen LogP contribution in [0.5, 0.6) is 0 Å². The van der Waals surface area contributed by atoms with Gasteiger partial charge in [-0.25, -0.2) is 9.97 Å². The van der Waals surface area contributed by atoms with Crippen LogP contribution >= 0.6 is 0 Å². The lowest BCUT2D eigenvalue weighted by Crippen LogP contribution is -2.54. The first-order chi connectivity index (χ1) is 9.72. The van der Waals surface area contributed by atoms with Gasteiger partial charge in [0.05, 0.1) is 0 Å². The maximum Gasteiger partial charge on any atom is 0.225 e. The van der Waals surface area contributed by atoms with E-state index in [4.69, 9.17) is 4.98 Å². The molecule has 5 heteroatoms. The number of hydrogen-bond acceptors (Lipinski definition) is 5. The monoisotopic (exact) mass is 275 g/mol. The lowest BCUT2D eigenvalue weighted by atomic mass is 9.98. The van der Waals surface area contributed by atoms with Gasteiger partial charge in [-0.1, -0.05) is 0 Å². The molecule has 1 aliphatic carbocycles. The summed E-state index contributed by atoms with van der Waals surface area (Å²) >= 11 is 0. The number of likely N-dealkylation sites (N-methyl/N-ethyl adjacent to an activating group) is 1. The van der Waals surface area contributed by atoms with Crippen LogP contribution in [0.3, 0.4) is 0 Å². The normalized spacial score (nSPS) is 22.9. The highest BCUT2D eigenvalue weighted by Crippen LogP contribution is 2.21. The Morgan fingerprint density at radius 2 is 2.20 bits per heavy atom. The van der Waals surface area contributed by atoms with Crippen molar-refractivity contribution >= 4 is 5.95 Å². The summed E-state index contributed by atoms with van der Waals surface area (Å²) in [6.45, 7) is 4.07. The van der Waals surface area contributed by atoms with E-state index < -0.39 is 0 Å². The summed E-state index contributed by atoms with van der Waals surface area (Å²) in [4.78, 5) is 14.0. The minimum Gasteiger partial charge on any atom is -0.338 e. The van der Waals surface area contributed by atoms with Crippen molar-refractivity contribution in [1.82, 2.24) is 20.2 Å². The van der Waals surface area contributed by atoms with Crippen LogP contribution in [0.4, 0.5) is 5.95 Å². The molecule has 0 saturated carbocycles. The molecular weight excluding hydrogens is 250 g/mol. The molecule has 5 nitrogen and oxygen atoms in total. The maximum absolute atomic E-state index is 4.82. The zero-order valence-electron chi connectivity index (χ0n) is 12.6. The molecule has 1 aromatic rings. The summed E-state index contributed by atoms with van der Waals surface area (Å²) in [5, 5.41) is 3.57. The van der Waals surface area contributed by atoms with E-state index in [0.717, 1.165) is 45.0 Å². The molecule has 20 heavy (non-hydrogen) atoms. The Balaban J connectivity index is 1.71. The zero-order valence-corrected chi connectivity index (χ0v) is 12.6. The molecule has 2 aliphatic rings. The van der Waals surface area contributed by atoms with Crippen LogP contribution in [0.1, 0.15) is 24.1 Å². The van der Waals surface area contributed by atoms with Crippen molar-refractivity contribution in [3.8, 4) is 0 Å². The van der Waals surface area contributed by atoms with Crippen LogP contribution in [0.25, 0.3) is 0 Å². The largest absolute Gasteiger partial charge is 0.338 e. The Kier molecular flexibility index (Phi) is 4.17. The van der Waals surface area contributed by atoms with E-state index in [1.54, 1.807) is 0 Å². The molecule has 3 rings (SSSR count). The lowest BCUT2D eigenvalue weighted by molar-refractivity contribution is 0.322. The van der Waals surface area contributed by atoms with Gasteiger partial charge in [-0.3, -0.25) is 0 Å². The minimum atomic E-state index is 0.499. The van der Waals surface area contributed by atoms with Gasteiger partial charge in [0, 0.05) is 44.1 Å². The minimum absolute atomic E-state index is 0.499. The number of fused-ring (bicyclic) bond motifs is 1. The summed E-state index contributed by atoms with van der Waals surface area (Å²) in [6, 6.07) is 0.499. The molecule has 1 fully saturated rings. The Labute approximate surface area is 121 Å². The van der Waals surface area contributed by atoms with Crippen LogP contribution in [0, 0.1) is 0 Å². The third kappa shape index (κ3) is 3.10. The molecule has 2 heterocycles. The second kappa shape index (κ2) is 6.06. The molecule has 0 bridgehead atoms. The fourth-order valence-electron chi connectivity index (χ4n) is 3.19. The van der Waals surface area contributed by atoms with Crippen molar-refractivity contribution in [2.75, 3.05) is 45.2 Å². The molecule has 0 unspecified atom stereocenters. The smallest absolute Gasteiger partial charge is 0.225 e. The summed E-state index contributed by atoms with van der Waals surface area (Å²) in [5.74, 6) is 0.927. The van der Waals surface area contributed by atoms with E-state index in [-0.39, 0.29) is 0 Å². The van der Waals surface area contributed by atoms with Gasteiger partial charge >= 0.3 is 0 Å². The molecule has 1 aliphatic heterocycles. The summed E-state index contributed by atoms with van der Waals surface area (Å²) < 4.78 is 0. The number of aryl methyl sites for hydroxylation is 2. The third-order valence-corrected chi connectivity index (χ3v) is 4.18. The lowest BCUT2D eigenvalue weighted by Gasteiger charge is -2.35. The predicted molar refractivity (Wildman–Crippen MR) is 81.2 cm³/mol. The molecular formula is C15H25N5. The molecule has 0 radical (unpaired) electrons. The van der Waals surface area contributed by atoms with E-state index in [9.17, 15) is 0 Å². The van der Waals surface area contributed by atoms with Gasteiger partial charge in [0.2, 0.25) is 5.95 Å². The Hall–Kier alpha value is -1.20. The van der Waals surface area contributed by atoms with Gasteiger partial charge in [-0.2, -0.15) is 0 Å². The van der Waals surface area contributed by atoms with Crippen LogP contribution in [-0.4, -0.2) is 61.2 Å². The van der Waals surface area contributed by atoms with Gasteiger partial charge in [-0.05, 0) is 45.3 Å². The van der Waals surface area contributed by atoms with E-state index in [0.29, 0.717) is 6.04 Å². The summed E-state index contributed by atoms with van der Waals surface area (Å²) in [6.07, 6.45) is 6.89. The molecule has 110 valence electrons. The highest BCUT2D eigenvalue weighted by atomic mass is 15.3. The van der Waals surface area contributed by atoms with E-state index in [1.807, 2.05) is 0 Å². The van der Waals surface area contributed by atoms with Gasteiger partial charge in [0.1, 0.15) is 0 Å². The fourth-order valence-corrected chi connectivity index (χ4v) is 3.19. The summed E-state index contributed by atoms with van der Waals surface area (Å²) in [7, 11) is 4.24. The predicted octanol–water partition coefficient (Wildman–Crippen LogP) is 0.695. The number of aromatic nitrogens is 2. The maximum atomic E-state index is 4.82. The van der Waals surface area contributed by atoms with Crippen molar-refractivity contribution in [3.05, 3.63) is 17.5 Å². The van der Waals surface area contributed by atoms with Gasteiger partial charge in [0.15, 0.2) is 0 Å². The Morgan fingerprint density at radius 1 is 1.35 bits per heavy atom. The van der Waals surface area contributed by atoms with Crippen LogP contribution in [0.15, 0.2) is 6.20 Å². The standard InChI is InChI=1S/C15H25N5/c1-19(2)10-13-11-20(8-7-16-13)15-17-9-12-5-3-4-6-14(12)18-15/h9,13,16H,3-8,10-11H2,1-2H3/t13-/m0/s1. The first kappa shape index (κ1) is 13.8. The van der Waals surface area contributed by atoms with Crippen molar-refractivity contribution in [2.24, 2.45) is 0 Å². The molecule has 0 spiro atoms. The van der Waals surface area contributed by atoms with Crippen molar-refractivity contribution in [2.45, 2.75) is 31.7 Å². The highest BCUT2D eigenvalue weighted by molar-refractivity contribution is 5.35. The van der Waals surface area contributed by atoms with Crippen LogP contribution in [-0.2, 0) is 12.8 Å². The first-order valence-electron chi connectivity index (χ1n) is 7.70. The average Bonchev–Trinajstić information content (AvgIpc) is 2.46. The number of nitrogens with zero attached hydrogens (tertiary/aromatic N) is 4.